The summed E-state index contributed by atoms with van der Waals surface area (Å²) in [5.41, 5.74) is 6.26. The first-order valence-corrected chi connectivity index (χ1v) is 11.8. The highest BCUT2D eigenvalue weighted by Gasteiger charge is 2.29. The molecule has 1 aliphatic rings. The summed E-state index contributed by atoms with van der Waals surface area (Å²) < 4.78 is 5.50. The van der Waals surface area contributed by atoms with Crippen molar-refractivity contribution in [2.45, 2.75) is 24.5 Å². The van der Waals surface area contributed by atoms with Crippen molar-refractivity contribution in [1.29, 1.82) is 0 Å². The van der Waals surface area contributed by atoms with E-state index < -0.39 is 18.3 Å². The highest BCUT2D eigenvalue weighted by atomic mass is 35.5. The number of rotatable bonds is 7. The summed E-state index contributed by atoms with van der Waals surface area (Å²) in [6, 6.07) is 21.3. The van der Waals surface area contributed by atoms with Gasteiger partial charge in [0.2, 0.25) is 0 Å². The van der Waals surface area contributed by atoms with E-state index >= 15 is 0 Å². The number of halogens is 1. The third-order valence-electron chi connectivity index (χ3n) is 6.30. The van der Waals surface area contributed by atoms with Crippen LogP contribution in [0.1, 0.15) is 35.1 Å². The van der Waals surface area contributed by atoms with Gasteiger partial charge < -0.3 is 20.3 Å². The number of benzene rings is 3. The topological polar surface area (TPSA) is 105 Å². The molecule has 3 N–H and O–H groups in total. The number of nitrogens with one attached hydrogen (secondary N) is 1. The minimum atomic E-state index is -1.15. The van der Waals surface area contributed by atoms with Crippen LogP contribution in [0.3, 0.4) is 0 Å². The van der Waals surface area contributed by atoms with Gasteiger partial charge in [-0.2, -0.15) is 0 Å². The Morgan fingerprint density at radius 3 is 2.40 bits per heavy atom. The molecule has 2 unspecified atom stereocenters. The molecule has 0 saturated heterocycles. The average Bonchev–Trinajstić information content (AvgIpc) is 3.20. The van der Waals surface area contributed by atoms with Gasteiger partial charge in [0.05, 0.1) is 23.3 Å². The molecule has 0 bridgehead atoms. The van der Waals surface area contributed by atoms with Gasteiger partial charge in [0.25, 0.3) is 0 Å². The summed E-state index contributed by atoms with van der Waals surface area (Å²) in [5, 5.41) is 23.9. The maximum atomic E-state index is 12.3. The molecule has 8 heteroatoms. The molecule has 3 aromatic carbocycles. The van der Waals surface area contributed by atoms with Crippen molar-refractivity contribution in [3.8, 4) is 11.1 Å². The molecule has 0 aliphatic heterocycles. The predicted molar refractivity (Wildman–Crippen MR) is 133 cm³/mol. The quantitative estimate of drug-likeness (QED) is 0.350. The molecule has 1 amide bonds. The van der Waals surface area contributed by atoms with Gasteiger partial charge in [-0.1, -0.05) is 66.2 Å². The normalized spacial score (nSPS) is 14.3. The summed E-state index contributed by atoms with van der Waals surface area (Å²) in [7, 11) is 0. The van der Waals surface area contributed by atoms with Gasteiger partial charge in [0.1, 0.15) is 17.9 Å². The summed E-state index contributed by atoms with van der Waals surface area (Å²) in [4.78, 5) is 20.7. The van der Waals surface area contributed by atoms with Crippen LogP contribution in [0.15, 0.2) is 72.9 Å². The van der Waals surface area contributed by atoms with E-state index in [1.54, 1.807) is 18.2 Å². The highest BCUT2D eigenvalue weighted by Crippen LogP contribution is 2.44. The first-order chi connectivity index (χ1) is 17.0. The Morgan fingerprint density at radius 2 is 1.69 bits per heavy atom. The van der Waals surface area contributed by atoms with Crippen LogP contribution in [0.4, 0.5) is 4.79 Å². The Hall–Kier alpha value is -3.52. The second-order valence-corrected chi connectivity index (χ2v) is 8.88. The zero-order valence-corrected chi connectivity index (χ0v) is 19.5. The minimum Gasteiger partial charge on any atom is -0.449 e. The Labute approximate surface area is 207 Å². The van der Waals surface area contributed by atoms with E-state index in [0.717, 1.165) is 22.3 Å². The van der Waals surface area contributed by atoms with Crippen LogP contribution in [-0.4, -0.2) is 45.5 Å². The lowest BCUT2D eigenvalue weighted by atomic mass is 9.98. The number of carbonyl (C=O) groups is 1. The molecule has 0 fully saturated rings. The number of hydrogen-bond acceptors (Lipinski definition) is 6. The number of ether oxygens (including phenoxy) is 1. The van der Waals surface area contributed by atoms with E-state index in [9.17, 15) is 15.0 Å². The second-order valence-electron chi connectivity index (χ2n) is 8.49. The molecule has 1 heterocycles. The summed E-state index contributed by atoms with van der Waals surface area (Å²) in [5.74, 6) is -0.0231. The van der Waals surface area contributed by atoms with Crippen LogP contribution in [0.5, 0.6) is 0 Å². The van der Waals surface area contributed by atoms with E-state index in [1.807, 2.05) is 24.3 Å². The van der Waals surface area contributed by atoms with Crippen molar-refractivity contribution >= 4 is 28.7 Å². The molecule has 178 valence electrons. The average molecular weight is 490 g/mol. The van der Waals surface area contributed by atoms with Crippen molar-refractivity contribution in [2.24, 2.45) is 0 Å². The molecule has 35 heavy (non-hydrogen) atoms. The van der Waals surface area contributed by atoms with Gasteiger partial charge in [0, 0.05) is 12.5 Å². The van der Waals surface area contributed by atoms with E-state index in [2.05, 4.69) is 39.6 Å². The number of amides is 1. The fourth-order valence-electron chi connectivity index (χ4n) is 4.54. The van der Waals surface area contributed by atoms with E-state index in [0.29, 0.717) is 16.6 Å². The molecule has 0 radical (unpaired) electrons. The zero-order valence-electron chi connectivity index (χ0n) is 18.8. The first-order valence-electron chi connectivity index (χ1n) is 11.4. The highest BCUT2D eigenvalue weighted by molar-refractivity contribution is 6.29. The number of fused-ring (bicyclic) bond motifs is 4. The SMILES string of the molecule is O=C(NCCC(O)C(O)c1ccc2ncc(Cl)nc2c1)OCC1c2ccccc2-c2ccccc21. The number of aliphatic hydroxyl groups is 2. The smallest absolute Gasteiger partial charge is 0.407 e. The van der Waals surface area contributed by atoms with Gasteiger partial charge in [0.15, 0.2) is 0 Å². The van der Waals surface area contributed by atoms with Crippen LogP contribution in [0, 0.1) is 0 Å². The Bertz CT molecular complexity index is 1330. The zero-order chi connectivity index (χ0) is 24.4. The lowest BCUT2D eigenvalue weighted by molar-refractivity contribution is 0.0137. The monoisotopic (exact) mass is 489 g/mol. The number of alkyl carbamates (subject to hydrolysis) is 1. The predicted octanol–water partition coefficient (Wildman–Crippen LogP) is 4.61. The summed E-state index contributed by atoms with van der Waals surface area (Å²) in [6.07, 6.45) is -1.21. The molecular weight excluding hydrogens is 466 g/mol. The van der Waals surface area contributed by atoms with Crippen molar-refractivity contribution < 1.29 is 19.7 Å². The standard InChI is InChI=1S/C27H24ClN3O4/c28-25-14-30-22-10-9-16(13-23(22)31-25)26(33)24(32)11-12-29-27(34)35-15-21-19-7-3-1-5-17(19)18-6-2-4-8-20(18)21/h1-10,13-14,21,24,26,32-33H,11-12,15H2,(H,29,34). The van der Waals surface area contributed by atoms with Gasteiger partial charge in [-0.25, -0.2) is 9.78 Å². The number of nitrogens with zero attached hydrogens (tertiary/aromatic N) is 2. The molecule has 2 atom stereocenters. The van der Waals surface area contributed by atoms with Crippen LogP contribution < -0.4 is 5.32 Å². The number of aliphatic hydroxyl groups excluding tert-OH is 2. The number of hydrogen-bond donors (Lipinski definition) is 3. The molecule has 1 aromatic heterocycles. The number of aromatic nitrogens is 2. The van der Waals surface area contributed by atoms with Crippen molar-refractivity contribution in [1.82, 2.24) is 15.3 Å². The maximum absolute atomic E-state index is 12.3. The fourth-order valence-corrected chi connectivity index (χ4v) is 4.68. The lowest BCUT2D eigenvalue weighted by Crippen LogP contribution is -2.30. The third-order valence-corrected chi connectivity index (χ3v) is 6.48. The van der Waals surface area contributed by atoms with E-state index in [-0.39, 0.29) is 30.6 Å². The maximum Gasteiger partial charge on any atom is 0.407 e. The van der Waals surface area contributed by atoms with E-state index in [1.165, 1.54) is 6.20 Å². The fraction of sp³-hybridized carbons (Fsp3) is 0.222. The van der Waals surface area contributed by atoms with Gasteiger partial charge in [-0.3, -0.25) is 4.98 Å². The van der Waals surface area contributed by atoms with Gasteiger partial charge in [-0.05, 0) is 46.4 Å². The van der Waals surface area contributed by atoms with Crippen LogP contribution in [-0.2, 0) is 4.74 Å². The molecule has 5 rings (SSSR count). The van der Waals surface area contributed by atoms with Crippen molar-refractivity contribution in [3.05, 3.63) is 94.8 Å². The lowest BCUT2D eigenvalue weighted by Gasteiger charge is -2.19. The molecule has 7 nitrogen and oxygen atoms in total. The Morgan fingerprint density at radius 1 is 1.00 bits per heavy atom. The van der Waals surface area contributed by atoms with Crippen molar-refractivity contribution in [2.75, 3.05) is 13.2 Å². The summed E-state index contributed by atoms with van der Waals surface area (Å²) in [6.45, 7) is 0.361. The van der Waals surface area contributed by atoms with Crippen LogP contribution in [0.25, 0.3) is 22.2 Å². The Kier molecular flexibility index (Phi) is 6.63. The van der Waals surface area contributed by atoms with Gasteiger partial charge in [-0.15, -0.1) is 0 Å². The second kappa shape index (κ2) is 10.00. The molecular formula is C27H24ClN3O4. The summed E-state index contributed by atoms with van der Waals surface area (Å²) >= 11 is 5.89. The first kappa shape index (κ1) is 23.2. The third kappa shape index (κ3) is 4.84. The minimum absolute atomic E-state index is 0.0231. The van der Waals surface area contributed by atoms with Gasteiger partial charge >= 0.3 is 6.09 Å². The Balaban J connectivity index is 1.14. The molecule has 0 spiro atoms. The van der Waals surface area contributed by atoms with Crippen LogP contribution in [0.2, 0.25) is 5.15 Å². The van der Waals surface area contributed by atoms with E-state index in [4.69, 9.17) is 16.3 Å². The van der Waals surface area contributed by atoms with Crippen LogP contribution >= 0.6 is 11.6 Å². The largest absolute Gasteiger partial charge is 0.449 e. The molecule has 1 aliphatic carbocycles. The number of carbonyl (C=O) groups excluding carboxylic acids is 1. The molecule has 4 aromatic rings. The molecule has 0 saturated carbocycles. The van der Waals surface area contributed by atoms with Crippen molar-refractivity contribution in [3.63, 3.8) is 0 Å².